The second-order valence-electron chi connectivity index (χ2n) is 2.08. The van der Waals surface area contributed by atoms with Crippen LogP contribution in [0.4, 0.5) is 5.69 Å². The predicted octanol–water partition coefficient (Wildman–Crippen LogP) is 1.48. The van der Waals surface area contributed by atoms with Gasteiger partial charge in [-0.25, -0.2) is 4.85 Å². The first kappa shape index (κ1) is 8.71. The lowest BCUT2D eigenvalue weighted by molar-refractivity contribution is 0.483. The average Bonchev–Trinajstić information content (AvgIpc) is 2.03. The first-order valence-electron chi connectivity index (χ1n) is 2.99. The molecule has 1 aromatic carbocycles. The fourth-order valence-electron chi connectivity index (χ4n) is 0.693. The molecular weight excluding hydrogens is 178 g/mol. The summed E-state index contributed by atoms with van der Waals surface area (Å²) in [4.78, 5) is 2.87. The highest BCUT2D eigenvalue weighted by atomic mass is 32.2. The van der Waals surface area contributed by atoms with E-state index in [1.165, 1.54) is 24.3 Å². The lowest BCUT2D eigenvalue weighted by Crippen LogP contribution is -1.96. The number of rotatable bonds is 1. The number of hydrogen-bond donors (Lipinski definition) is 1. The summed E-state index contributed by atoms with van der Waals surface area (Å²) in [5.41, 5.74) is 0.336. The normalized spacial score (nSPS) is 10.7. The zero-order chi connectivity index (χ0) is 9.19. The molecule has 0 aromatic heterocycles. The van der Waals surface area contributed by atoms with Crippen LogP contribution in [-0.2, 0) is 10.1 Å². The van der Waals surface area contributed by atoms with E-state index in [-0.39, 0.29) is 4.90 Å². The van der Waals surface area contributed by atoms with Gasteiger partial charge in [-0.15, -0.1) is 0 Å². The highest BCUT2D eigenvalue weighted by Crippen LogP contribution is 2.15. The highest BCUT2D eigenvalue weighted by Gasteiger charge is 2.07. The topological polar surface area (TPSA) is 58.7 Å². The van der Waals surface area contributed by atoms with Crippen molar-refractivity contribution in [3.05, 3.63) is 35.7 Å². The Labute approximate surface area is 70.0 Å². The standard InChI is InChI=1S/C7H5NO3S/c1-8-6-2-4-7(5-3-6)12(9,10)11/h2-5H,(H,9,10,11). The van der Waals surface area contributed by atoms with Crippen LogP contribution >= 0.6 is 0 Å². The van der Waals surface area contributed by atoms with Crippen LogP contribution in [0.5, 0.6) is 0 Å². The van der Waals surface area contributed by atoms with E-state index in [0.717, 1.165) is 0 Å². The molecule has 5 heteroatoms. The van der Waals surface area contributed by atoms with Gasteiger partial charge in [0, 0.05) is 0 Å². The maximum atomic E-state index is 10.5. The molecule has 4 nitrogen and oxygen atoms in total. The minimum atomic E-state index is -4.13. The maximum Gasteiger partial charge on any atom is 0.294 e. The van der Waals surface area contributed by atoms with Crippen molar-refractivity contribution in [2.75, 3.05) is 0 Å². The molecule has 0 bridgehead atoms. The fourth-order valence-corrected chi connectivity index (χ4v) is 1.17. The molecule has 0 radical (unpaired) electrons. The Morgan fingerprint density at radius 1 is 1.25 bits per heavy atom. The lowest BCUT2D eigenvalue weighted by atomic mass is 10.3. The van der Waals surface area contributed by atoms with Crippen LogP contribution in [0.2, 0.25) is 0 Å². The summed E-state index contributed by atoms with van der Waals surface area (Å²) in [6.07, 6.45) is 0. The van der Waals surface area contributed by atoms with E-state index in [0.29, 0.717) is 5.69 Å². The van der Waals surface area contributed by atoms with E-state index in [2.05, 4.69) is 4.85 Å². The minimum Gasteiger partial charge on any atom is -0.282 e. The Morgan fingerprint density at radius 2 is 1.75 bits per heavy atom. The number of nitrogens with zero attached hydrogens (tertiary/aromatic N) is 1. The van der Waals surface area contributed by atoms with Gasteiger partial charge in [0.1, 0.15) is 0 Å². The van der Waals surface area contributed by atoms with Crippen LogP contribution in [0.15, 0.2) is 29.2 Å². The Kier molecular flexibility index (Phi) is 2.13. The quantitative estimate of drug-likeness (QED) is 0.530. The smallest absolute Gasteiger partial charge is 0.282 e. The van der Waals surface area contributed by atoms with E-state index in [4.69, 9.17) is 11.1 Å². The summed E-state index contributed by atoms with van der Waals surface area (Å²) in [6.45, 7) is 6.58. The van der Waals surface area contributed by atoms with Crippen LogP contribution < -0.4 is 0 Å². The molecule has 0 heterocycles. The molecule has 0 saturated carbocycles. The monoisotopic (exact) mass is 183 g/mol. The molecule has 0 spiro atoms. The van der Waals surface area contributed by atoms with Gasteiger partial charge in [0.25, 0.3) is 10.1 Å². The summed E-state index contributed by atoms with van der Waals surface area (Å²) in [7, 11) is -4.13. The molecule has 12 heavy (non-hydrogen) atoms. The summed E-state index contributed by atoms with van der Waals surface area (Å²) >= 11 is 0. The van der Waals surface area contributed by atoms with E-state index >= 15 is 0 Å². The summed E-state index contributed by atoms with van der Waals surface area (Å²) in [5, 5.41) is 0. The molecule has 0 unspecified atom stereocenters. The third-order valence-corrected chi connectivity index (χ3v) is 2.13. The average molecular weight is 183 g/mol. The second kappa shape index (κ2) is 2.93. The van der Waals surface area contributed by atoms with E-state index < -0.39 is 10.1 Å². The zero-order valence-corrected chi connectivity index (χ0v) is 6.75. The van der Waals surface area contributed by atoms with Crippen molar-refractivity contribution in [2.24, 2.45) is 0 Å². The van der Waals surface area contributed by atoms with Gasteiger partial charge in [-0.2, -0.15) is 8.42 Å². The van der Waals surface area contributed by atoms with Crippen LogP contribution in [-0.4, -0.2) is 13.0 Å². The van der Waals surface area contributed by atoms with Gasteiger partial charge in [-0.3, -0.25) is 4.55 Å². The van der Waals surface area contributed by atoms with Crippen molar-refractivity contribution in [3.63, 3.8) is 0 Å². The molecule has 62 valence electrons. The number of hydrogen-bond acceptors (Lipinski definition) is 2. The minimum absolute atomic E-state index is 0.199. The molecule has 0 fully saturated rings. The molecule has 0 aliphatic rings. The molecule has 1 rings (SSSR count). The van der Waals surface area contributed by atoms with Gasteiger partial charge in [-0.1, -0.05) is 24.3 Å². The van der Waals surface area contributed by atoms with Crippen molar-refractivity contribution < 1.29 is 13.0 Å². The fraction of sp³-hybridized carbons (Fsp3) is 0. The highest BCUT2D eigenvalue weighted by molar-refractivity contribution is 7.85. The largest absolute Gasteiger partial charge is 0.294 e. The van der Waals surface area contributed by atoms with Crippen molar-refractivity contribution in [1.29, 1.82) is 0 Å². The zero-order valence-electron chi connectivity index (χ0n) is 5.93. The van der Waals surface area contributed by atoms with Crippen LogP contribution in [0.1, 0.15) is 0 Å². The maximum absolute atomic E-state index is 10.5. The lowest BCUT2D eigenvalue weighted by Gasteiger charge is -1.94. The van der Waals surface area contributed by atoms with Gasteiger partial charge in [-0.05, 0) is 0 Å². The molecule has 0 saturated heterocycles. The molecule has 1 N–H and O–H groups in total. The van der Waals surface area contributed by atoms with Gasteiger partial charge < -0.3 is 0 Å². The molecule has 0 amide bonds. The Balaban J connectivity index is 3.20. The molecule has 0 aliphatic heterocycles. The van der Waals surface area contributed by atoms with E-state index in [1.54, 1.807) is 0 Å². The van der Waals surface area contributed by atoms with Crippen LogP contribution in [0, 0.1) is 6.57 Å². The van der Waals surface area contributed by atoms with Crippen molar-refractivity contribution in [3.8, 4) is 0 Å². The molecule has 0 atom stereocenters. The summed E-state index contributed by atoms with van der Waals surface area (Å²) in [5.74, 6) is 0. The first-order chi connectivity index (χ1) is 5.54. The predicted molar refractivity (Wildman–Crippen MR) is 42.5 cm³/mol. The molecule has 0 aliphatic carbocycles. The van der Waals surface area contributed by atoms with Gasteiger partial charge >= 0.3 is 0 Å². The number of benzene rings is 1. The molecular formula is C7H5NO3S. The van der Waals surface area contributed by atoms with Crippen LogP contribution in [0.25, 0.3) is 4.85 Å². The first-order valence-corrected chi connectivity index (χ1v) is 4.43. The van der Waals surface area contributed by atoms with Crippen LogP contribution in [0.3, 0.4) is 0 Å². The van der Waals surface area contributed by atoms with Crippen molar-refractivity contribution in [1.82, 2.24) is 0 Å². The van der Waals surface area contributed by atoms with Crippen molar-refractivity contribution in [2.45, 2.75) is 4.90 Å². The second-order valence-corrected chi connectivity index (χ2v) is 3.50. The summed E-state index contributed by atoms with van der Waals surface area (Å²) in [6, 6.07) is 5.03. The molecule has 1 aromatic rings. The third-order valence-electron chi connectivity index (χ3n) is 1.26. The van der Waals surface area contributed by atoms with E-state index in [9.17, 15) is 8.42 Å². The third kappa shape index (κ3) is 1.81. The van der Waals surface area contributed by atoms with Gasteiger partial charge in [0.2, 0.25) is 0 Å². The Bertz CT molecular complexity index is 413. The summed E-state index contributed by atoms with van der Waals surface area (Å²) < 4.78 is 29.6. The Hall–Kier alpha value is -1.38. The van der Waals surface area contributed by atoms with E-state index in [1.807, 2.05) is 0 Å². The Morgan fingerprint density at radius 3 is 2.08 bits per heavy atom. The van der Waals surface area contributed by atoms with Gasteiger partial charge in [0.05, 0.1) is 11.5 Å². The SMILES string of the molecule is [C-]#[N+]c1ccc(S(=O)(=O)O)cc1. The van der Waals surface area contributed by atoms with Gasteiger partial charge in [0.15, 0.2) is 5.69 Å². The van der Waals surface area contributed by atoms with Crippen molar-refractivity contribution >= 4 is 15.8 Å².